The fourth-order valence-electron chi connectivity index (χ4n) is 7.93. The molecular formula is C50H46F2N4O7. The van der Waals surface area contributed by atoms with Crippen LogP contribution in [0.2, 0.25) is 0 Å². The summed E-state index contributed by atoms with van der Waals surface area (Å²) in [5, 5.41) is 16.1. The highest BCUT2D eigenvalue weighted by Crippen LogP contribution is 2.41. The van der Waals surface area contributed by atoms with Gasteiger partial charge in [0.1, 0.15) is 42.7 Å². The molecule has 2 aliphatic heterocycles. The van der Waals surface area contributed by atoms with E-state index < -0.39 is 53.8 Å². The van der Waals surface area contributed by atoms with Gasteiger partial charge in [-0.25, -0.2) is 18.4 Å². The Hall–Kier alpha value is -7.28. The minimum atomic E-state index is -1.27. The highest BCUT2D eigenvalue weighted by Gasteiger charge is 2.38. The van der Waals surface area contributed by atoms with Crippen LogP contribution in [0.4, 0.5) is 13.6 Å². The lowest BCUT2D eigenvalue weighted by atomic mass is 9.92. The Morgan fingerprint density at radius 3 is 2.38 bits per heavy atom. The van der Waals surface area contributed by atoms with Gasteiger partial charge in [0.05, 0.1) is 6.04 Å². The third-order valence-electron chi connectivity index (χ3n) is 11.7. The Kier molecular flexibility index (Phi) is 12.4. The van der Waals surface area contributed by atoms with Crippen molar-refractivity contribution in [2.45, 2.75) is 71.0 Å². The van der Waals surface area contributed by atoms with Crippen molar-refractivity contribution in [1.82, 2.24) is 20.5 Å². The minimum absolute atomic E-state index is 0.0285. The molecular weight excluding hydrogens is 807 g/mol. The van der Waals surface area contributed by atoms with E-state index in [1.54, 1.807) is 18.3 Å². The second kappa shape index (κ2) is 18.4. The molecule has 4 atom stereocenters. The van der Waals surface area contributed by atoms with Crippen LogP contribution in [-0.2, 0) is 35.6 Å². The van der Waals surface area contributed by atoms with Gasteiger partial charge in [-0.2, -0.15) is 0 Å². The molecule has 0 saturated carbocycles. The van der Waals surface area contributed by atoms with Gasteiger partial charge in [0.15, 0.2) is 17.6 Å². The largest absolute Gasteiger partial charge is 0.489 e. The number of urea groups is 1. The van der Waals surface area contributed by atoms with Crippen molar-refractivity contribution in [1.29, 1.82) is 0 Å². The number of carbonyl (C=O) groups excluding carboxylic acids is 2. The fourth-order valence-corrected chi connectivity index (χ4v) is 7.93. The molecule has 0 aliphatic carbocycles. The maximum absolute atomic E-state index is 14.2. The molecule has 1 aromatic heterocycles. The summed E-state index contributed by atoms with van der Waals surface area (Å²) in [6.07, 6.45) is 1.39. The molecule has 6 aromatic rings. The van der Waals surface area contributed by atoms with Crippen molar-refractivity contribution in [3.8, 4) is 28.4 Å². The molecule has 3 heterocycles. The predicted molar refractivity (Wildman–Crippen MR) is 231 cm³/mol. The smallest absolute Gasteiger partial charge is 0.326 e. The number of nitrogens with zero attached hydrogens (tertiary/aromatic N) is 2. The predicted octanol–water partition coefficient (Wildman–Crippen LogP) is 8.74. The minimum Gasteiger partial charge on any atom is -0.489 e. The zero-order valence-electron chi connectivity index (χ0n) is 34.9. The molecule has 63 heavy (non-hydrogen) atoms. The molecule has 0 unspecified atom stereocenters. The molecule has 11 nitrogen and oxygen atoms in total. The van der Waals surface area contributed by atoms with Crippen LogP contribution in [-0.4, -0.2) is 51.6 Å². The van der Waals surface area contributed by atoms with Crippen molar-refractivity contribution in [2.75, 3.05) is 6.61 Å². The first kappa shape index (κ1) is 42.4. The summed E-state index contributed by atoms with van der Waals surface area (Å²) in [7, 11) is 0. The van der Waals surface area contributed by atoms with Crippen LogP contribution >= 0.6 is 0 Å². The van der Waals surface area contributed by atoms with Gasteiger partial charge in [0.2, 0.25) is 5.91 Å². The van der Waals surface area contributed by atoms with Gasteiger partial charge in [-0.1, -0.05) is 66.7 Å². The molecule has 13 heteroatoms. The number of aromatic nitrogens is 1. The quantitative estimate of drug-likeness (QED) is 0.111. The standard InChI is InChI=1S/C50H46F2N4O7/c1-29-30(2)53-20-19-41(29)34-11-9-32(10-12-34)21-43(49(58)59)55-48(57)44-23-36-24-45-46(25-37(36)26-56(44)50(60)54-31(3)33-7-5-4-6-8-33)63-47(28-62-45)35-13-16-40(17-14-35)61-27-38-22-39(51)15-18-42(38)52/h4-20,22,24-25,31,43-44,47H,21,23,26-28H2,1-3H3,(H,54,60)(H,55,57)(H,58,59)/t31-,43+,44+,47-/m1/s1. The van der Waals surface area contributed by atoms with E-state index in [0.29, 0.717) is 17.2 Å². The first-order chi connectivity index (χ1) is 30.4. The topological polar surface area (TPSA) is 139 Å². The van der Waals surface area contributed by atoms with Gasteiger partial charge in [0.25, 0.3) is 0 Å². The zero-order chi connectivity index (χ0) is 44.2. The van der Waals surface area contributed by atoms with Crippen LogP contribution in [0.5, 0.6) is 17.2 Å². The van der Waals surface area contributed by atoms with E-state index in [-0.39, 0.29) is 38.2 Å². The molecule has 2 aliphatic rings. The summed E-state index contributed by atoms with van der Waals surface area (Å²) in [5.74, 6) is -1.52. The lowest BCUT2D eigenvalue weighted by molar-refractivity contribution is -0.142. The molecule has 0 radical (unpaired) electrons. The highest BCUT2D eigenvalue weighted by molar-refractivity contribution is 5.91. The number of carboxylic acids is 1. The van der Waals surface area contributed by atoms with Crippen LogP contribution in [0.25, 0.3) is 11.1 Å². The number of benzene rings is 5. The van der Waals surface area contributed by atoms with Crippen molar-refractivity contribution >= 4 is 17.9 Å². The van der Waals surface area contributed by atoms with Crippen LogP contribution < -0.4 is 24.8 Å². The summed E-state index contributed by atoms with van der Waals surface area (Å²) < 4.78 is 46.0. The van der Waals surface area contributed by atoms with Gasteiger partial charge in [0, 0.05) is 36.8 Å². The number of carbonyl (C=O) groups is 3. The van der Waals surface area contributed by atoms with E-state index in [9.17, 15) is 28.3 Å². The first-order valence-electron chi connectivity index (χ1n) is 20.7. The Balaban J connectivity index is 0.990. The first-order valence-corrected chi connectivity index (χ1v) is 20.7. The van der Waals surface area contributed by atoms with Gasteiger partial charge >= 0.3 is 12.0 Å². The second-order valence-corrected chi connectivity index (χ2v) is 15.9. The summed E-state index contributed by atoms with van der Waals surface area (Å²) in [6, 6.07) is 29.7. The van der Waals surface area contributed by atoms with Crippen molar-refractivity contribution in [2.24, 2.45) is 0 Å². The third kappa shape index (κ3) is 9.62. The van der Waals surface area contributed by atoms with Crippen LogP contribution in [0.1, 0.15) is 63.7 Å². The number of nitrogens with one attached hydrogen (secondary N) is 2. The molecule has 322 valence electrons. The molecule has 8 rings (SSSR count). The average Bonchev–Trinajstić information content (AvgIpc) is 3.29. The SMILES string of the molecule is Cc1nccc(-c2ccc(C[C@H](NC(=O)[C@@H]3Cc4cc5c(cc4CN3C(=O)N[C@H](C)c3ccccc3)O[C@@H](c3ccc(OCc4cc(F)ccc4F)cc3)CO5)C(=O)O)cc2)c1C. The summed E-state index contributed by atoms with van der Waals surface area (Å²) >= 11 is 0. The third-order valence-corrected chi connectivity index (χ3v) is 11.7. The zero-order valence-corrected chi connectivity index (χ0v) is 34.9. The van der Waals surface area contributed by atoms with Crippen LogP contribution in [0.3, 0.4) is 0 Å². The number of halogens is 2. The van der Waals surface area contributed by atoms with Crippen molar-refractivity contribution < 1.29 is 42.5 Å². The highest BCUT2D eigenvalue weighted by atomic mass is 19.1. The van der Waals surface area contributed by atoms with E-state index in [1.807, 2.05) is 106 Å². The number of aryl methyl sites for hydroxylation is 1. The number of ether oxygens (including phenoxy) is 3. The number of rotatable bonds is 12. The number of fused-ring (bicyclic) bond motifs is 2. The van der Waals surface area contributed by atoms with Gasteiger partial charge in [-0.05, 0) is 114 Å². The van der Waals surface area contributed by atoms with E-state index in [0.717, 1.165) is 68.4 Å². The van der Waals surface area contributed by atoms with E-state index >= 15 is 0 Å². The molecule has 3 N–H and O–H groups in total. The molecule has 5 aromatic carbocycles. The normalized spacial score (nSPS) is 16.3. The molecule has 0 bridgehead atoms. The van der Waals surface area contributed by atoms with E-state index in [1.165, 1.54) is 4.90 Å². The second-order valence-electron chi connectivity index (χ2n) is 15.9. The lowest BCUT2D eigenvalue weighted by Gasteiger charge is -2.38. The Morgan fingerprint density at radius 1 is 0.889 bits per heavy atom. The maximum Gasteiger partial charge on any atom is 0.326 e. The van der Waals surface area contributed by atoms with Gasteiger partial charge in [-0.3, -0.25) is 9.78 Å². The summed E-state index contributed by atoms with van der Waals surface area (Å²) in [5.41, 5.74) is 7.98. The Bertz CT molecular complexity index is 2640. The Labute approximate surface area is 363 Å². The van der Waals surface area contributed by atoms with Gasteiger partial charge < -0.3 is 34.9 Å². The van der Waals surface area contributed by atoms with Crippen LogP contribution in [0, 0.1) is 25.5 Å². The maximum atomic E-state index is 14.2. The lowest BCUT2D eigenvalue weighted by Crippen LogP contribution is -2.57. The van der Waals surface area contributed by atoms with Crippen molar-refractivity contribution in [3.05, 3.63) is 178 Å². The van der Waals surface area contributed by atoms with Crippen molar-refractivity contribution in [3.63, 3.8) is 0 Å². The number of aliphatic carboxylic acids is 1. The fraction of sp³-hybridized carbons (Fsp3) is 0.240. The number of pyridine rings is 1. The number of carboxylic acid groups (broad SMARTS) is 1. The molecule has 0 spiro atoms. The average molecular weight is 853 g/mol. The number of hydrogen-bond acceptors (Lipinski definition) is 7. The summed E-state index contributed by atoms with van der Waals surface area (Å²) in [4.78, 5) is 46.8. The van der Waals surface area contributed by atoms with E-state index in [4.69, 9.17) is 14.2 Å². The van der Waals surface area contributed by atoms with E-state index in [2.05, 4.69) is 15.6 Å². The molecule has 3 amide bonds. The van der Waals surface area contributed by atoms with Gasteiger partial charge in [-0.15, -0.1) is 0 Å². The number of hydrogen-bond donors (Lipinski definition) is 3. The Morgan fingerprint density at radius 2 is 1.63 bits per heavy atom. The van der Waals surface area contributed by atoms with Crippen LogP contribution in [0.15, 0.2) is 121 Å². The number of amides is 3. The molecule has 0 fully saturated rings. The summed E-state index contributed by atoms with van der Waals surface area (Å²) in [6.45, 7) is 5.88. The monoisotopic (exact) mass is 852 g/mol. The molecule has 0 saturated heterocycles.